The van der Waals surface area contributed by atoms with Gasteiger partial charge in [-0.25, -0.2) is 5.43 Å². The predicted molar refractivity (Wildman–Crippen MR) is 78.0 cm³/mol. The largest absolute Gasteiger partial charge is 0.376 e. The van der Waals surface area contributed by atoms with Gasteiger partial charge in [0.05, 0.1) is 6.54 Å². The van der Waals surface area contributed by atoms with Crippen LogP contribution >= 0.6 is 0 Å². The Morgan fingerprint density at radius 3 is 2.89 bits per heavy atom. The molecule has 0 aromatic heterocycles. The number of nitrogens with zero attached hydrogens (tertiary/aromatic N) is 1. The average Bonchev–Trinajstić information content (AvgIpc) is 2.47. The van der Waals surface area contributed by atoms with E-state index in [1.165, 1.54) is 0 Å². The number of hydrazone groups is 1. The molecular weight excluding hydrogens is 238 g/mol. The Morgan fingerprint density at radius 1 is 1.32 bits per heavy atom. The summed E-state index contributed by atoms with van der Waals surface area (Å²) in [4.78, 5) is 11.6. The smallest absolute Gasteiger partial charge is 0.259 e. The number of benzene rings is 1. The quantitative estimate of drug-likeness (QED) is 0.484. The molecule has 100 valence electrons. The van der Waals surface area contributed by atoms with Gasteiger partial charge in [0.25, 0.3) is 5.91 Å². The lowest BCUT2D eigenvalue weighted by atomic mass is 9.96. The lowest BCUT2D eigenvalue weighted by Gasteiger charge is -2.11. The Morgan fingerprint density at radius 2 is 2.16 bits per heavy atom. The van der Waals surface area contributed by atoms with Crippen molar-refractivity contribution < 1.29 is 4.79 Å². The molecule has 0 aliphatic heterocycles. The zero-order valence-electron chi connectivity index (χ0n) is 10.9. The SMILES string of the molecule is O=C(CNc1ccccc1)N/N=C\[C@H]1CC=CCC1. The minimum Gasteiger partial charge on any atom is -0.376 e. The van der Waals surface area contributed by atoms with Gasteiger partial charge in [-0.3, -0.25) is 4.79 Å². The van der Waals surface area contributed by atoms with E-state index in [1.807, 2.05) is 36.5 Å². The van der Waals surface area contributed by atoms with Crippen LogP contribution in [0, 0.1) is 5.92 Å². The number of amides is 1. The van der Waals surface area contributed by atoms with Crippen LogP contribution in [0.25, 0.3) is 0 Å². The molecule has 0 radical (unpaired) electrons. The highest BCUT2D eigenvalue weighted by atomic mass is 16.2. The fraction of sp³-hybridized carbons (Fsp3) is 0.333. The van der Waals surface area contributed by atoms with Crippen molar-refractivity contribution in [2.24, 2.45) is 11.0 Å². The Bertz CT molecular complexity index is 454. The fourth-order valence-corrected chi connectivity index (χ4v) is 1.94. The van der Waals surface area contributed by atoms with Gasteiger partial charge in [-0.05, 0) is 37.3 Å². The van der Waals surface area contributed by atoms with Crippen LogP contribution in [-0.2, 0) is 4.79 Å². The number of allylic oxidation sites excluding steroid dienone is 2. The first-order valence-electron chi connectivity index (χ1n) is 6.60. The average molecular weight is 257 g/mol. The second-order valence-electron chi connectivity index (χ2n) is 4.58. The maximum Gasteiger partial charge on any atom is 0.259 e. The summed E-state index contributed by atoms with van der Waals surface area (Å²) in [5.41, 5.74) is 3.47. The molecule has 0 spiro atoms. The highest BCUT2D eigenvalue weighted by molar-refractivity contribution is 5.81. The molecule has 0 saturated heterocycles. The predicted octanol–water partition coefficient (Wildman–Crippen LogP) is 2.56. The summed E-state index contributed by atoms with van der Waals surface area (Å²) in [6.45, 7) is 0.228. The van der Waals surface area contributed by atoms with Crippen LogP contribution in [-0.4, -0.2) is 18.7 Å². The normalized spacial score (nSPS) is 18.4. The maximum atomic E-state index is 11.6. The Hall–Kier alpha value is -2.10. The van der Waals surface area contributed by atoms with Crippen molar-refractivity contribution >= 4 is 17.8 Å². The molecule has 2 N–H and O–H groups in total. The lowest BCUT2D eigenvalue weighted by Crippen LogP contribution is -2.26. The van der Waals surface area contributed by atoms with Gasteiger partial charge in [0.1, 0.15) is 0 Å². The van der Waals surface area contributed by atoms with E-state index < -0.39 is 0 Å². The number of carbonyl (C=O) groups is 1. The van der Waals surface area contributed by atoms with Crippen LogP contribution in [0.3, 0.4) is 0 Å². The third-order valence-electron chi connectivity index (χ3n) is 3.01. The second kappa shape index (κ2) is 7.36. The molecule has 0 bridgehead atoms. The van der Waals surface area contributed by atoms with E-state index in [0.717, 1.165) is 24.9 Å². The number of anilines is 1. The van der Waals surface area contributed by atoms with E-state index in [4.69, 9.17) is 0 Å². The number of nitrogens with one attached hydrogen (secondary N) is 2. The first-order valence-corrected chi connectivity index (χ1v) is 6.60. The standard InChI is InChI=1S/C15H19N3O/c19-15(12-16-14-9-5-2-6-10-14)18-17-11-13-7-3-1-4-8-13/h1-3,5-6,9-11,13,16H,4,7-8,12H2,(H,18,19)/b17-11-/t13-/m0/s1. The van der Waals surface area contributed by atoms with Crippen LogP contribution in [0.5, 0.6) is 0 Å². The summed E-state index contributed by atoms with van der Waals surface area (Å²) >= 11 is 0. The summed E-state index contributed by atoms with van der Waals surface area (Å²) in [6, 6.07) is 9.63. The molecule has 1 aromatic carbocycles. The zero-order chi connectivity index (χ0) is 13.3. The van der Waals surface area contributed by atoms with Gasteiger partial charge >= 0.3 is 0 Å². The van der Waals surface area contributed by atoms with Crippen molar-refractivity contribution in [3.8, 4) is 0 Å². The molecule has 0 saturated carbocycles. The van der Waals surface area contributed by atoms with E-state index in [2.05, 4.69) is 28.0 Å². The highest BCUT2D eigenvalue weighted by Gasteiger charge is 2.06. The molecule has 1 aliphatic rings. The molecule has 4 nitrogen and oxygen atoms in total. The summed E-state index contributed by atoms with van der Waals surface area (Å²) in [7, 11) is 0. The van der Waals surface area contributed by atoms with Gasteiger partial charge in [-0.2, -0.15) is 5.10 Å². The minimum atomic E-state index is -0.133. The number of hydrogen-bond donors (Lipinski definition) is 2. The fourth-order valence-electron chi connectivity index (χ4n) is 1.94. The number of rotatable bonds is 5. The third-order valence-corrected chi connectivity index (χ3v) is 3.01. The van der Waals surface area contributed by atoms with Gasteiger partial charge in [0.15, 0.2) is 0 Å². The number of hydrogen-bond acceptors (Lipinski definition) is 3. The van der Waals surface area contributed by atoms with Gasteiger partial charge in [-0.15, -0.1) is 0 Å². The van der Waals surface area contributed by atoms with Gasteiger partial charge < -0.3 is 5.32 Å². The molecule has 0 fully saturated rings. The zero-order valence-corrected chi connectivity index (χ0v) is 10.9. The Kier molecular flexibility index (Phi) is 5.17. The second-order valence-corrected chi connectivity index (χ2v) is 4.58. The third kappa shape index (κ3) is 4.95. The van der Waals surface area contributed by atoms with E-state index >= 15 is 0 Å². The van der Waals surface area contributed by atoms with Crippen molar-refractivity contribution in [2.45, 2.75) is 19.3 Å². The molecule has 19 heavy (non-hydrogen) atoms. The Balaban J connectivity index is 1.67. The van der Waals surface area contributed by atoms with Gasteiger partial charge in [-0.1, -0.05) is 30.4 Å². The molecule has 1 atom stereocenters. The summed E-state index contributed by atoms with van der Waals surface area (Å²) in [6.07, 6.45) is 9.41. The minimum absolute atomic E-state index is 0.133. The van der Waals surface area contributed by atoms with Crippen molar-refractivity contribution in [1.82, 2.24) is 5.43 Å². The van der Waals surface area contributed by atoms with Crippen LogP contribution in [0.15, 0.2) is 47.6 Å². The van der Waals surface area contributed by atoms with Crippen molar-refractivity contribution in [3.05, 3.63) is 42.5 Å². The molecule has 0 unspecified atom stereocenters. The van der Waals surface area contributed by atoms with Crippen LogP contribution in [0.1, 0.15) is 19.3 Å². The van der Waals surface area contributed by atoms with Crippen LogP contribution in [0.4, 0.5) is 5.69 Å². The first kappa shape index (κ1) is 13.3. The van der Waals surface area contributed by atoms with E-state index in [9.17, 15) is 4.79 Å². The summed E-state index contributed by atoms with van der Waals surface area (Å²) < 4.78 is 0. The van der Waals surface area contributed by atoms with Crippen LogP contribution in [0.2, 0.25) is 0 Å². The monoisotopic (exact) mass is 257 g/mol. The number of para-hydroxylation sites is 1. The van der Waals surface area contributed by atoms with Crippen molar-refractivity contribution in [1.29, 1.82) is 0 Å². The summed E-state index contributed by atoms with van der Waals surface area (Å²) in [5, 5.41) is 7.04. The van der Waals surface area contributed by atoms with Crippen molar-refractivity contribution in [3.63, 3.8) is 0 Å². The summed E-state index contributed by atoms with van der Waals surface area (Å²) in [5.74, 6) is 0.318. The maximum absolute atomic E-state index is 11.6. The van der Waals surface area contributed by atoms with Gasteiger partial charge in [0, 0.05) is 11.9 Å². The highest BCUT2D eigenvalue weighted by Crippen LogP contribution is 2.15. The van der Waals surface area contributed by atoms with E-state index in [-0.39, 0.29) is 12.5 Å². The molecular formula is C15H19N3O. The molecule has 1 aliphatic carbocycles. The van der Waals surface area contributed by atoms with Crippen molar-refractivity contribution in [2.75, 3.05) is 11.9 Å². The first-order chi connectivity index (χ1) is 9.34. The van der Waals surface area contributed by atoms with Gasteiger partial charge in [0.2, 0.25) is 0 Å². The molecule has 4 heteroatoms. The number of carbonyl (C=O) groups excluding carboxylic acids is 1. The van der Waals surface area contributed by atoms with E-state index in [0.29, 0.717) is 5.92 Å². The van der Waals surface area contributed by atoms with Crippen LogP contribution < -0.4 is 10.7 Å². The molecule has 2 rings (SSSR count). The molecule has 0 heterocycles. The van der Waals surface area contributed by atoms with E-state index in [1.54, 1.807) is 0 Å². The molecule has 1 aromatic rings. The lowest BCUT2D eigenvalue weighted by molar-refractivity contribution is -0.119. The topological polar surface area (TPSA) is 53.5 Å². The Labute approximate surface area is 113 Å². The molecule has 1 amide bonds.